The number of carboxylic acid groups (broad SMARTS) is 1. The Bertz CT molecular complexity index is 572. The third-order valence-electron chi connectivity index (χ3n) is 3.50. The van der Waals surface area contributed by atoms with E-state index in [9.17, 15) is 30.3 Å². The topological polar surface area (TPSA) is 166 Å². The molecule has 10 heteroatoms. The fourth-order valence-electron chi connectivity index (χ4n) is 2.24. The molecule has 6 N–H and O–H groups in total. The van der Waals surface area contributed by atoms with Crippen LogP contribution >= 0.6 is 0 Å². The van der Waals surface area contributed by atoms with Gasteiger partial charge in [0, 0.05) is 0 Å². The number of aromatic hydroxyl groups is 1. The molecular weight excluding hydrogens is 333 g/mol. The van der Waals surface area contributed by atoms with E-state index in [0.717, 1.165) is 5.56 Å². The molecule has 24 heavy (non-hydrogen) atoms. The van der Waals surface area contributed by atoms with Crippen LogP contribution in [-0.2, 0) is 16.0 Å². The van der Waals surface area contributed by atoms with Crippen molar-refractivity contribution in [2.24, 2.45) is 5.73 Å². The van der Waals surface area contributed by atoms with Crippen LogP contribution in [0.2, 0.25) is 0 Å². The van der Waals surface area contributed by atoms with Gasteiger partial charge in [0.05, 0.1) is 5.97 Å². The Labute approximate surface area is 159 Å². The van der Waals surface area contributed by atoms with E-state index in [4.69, 9.17) is 15.2 Å². The second-order valence-electron chi connectivity index (χ2n) is 5.17. The quantitative estimate of drug-likeness (QED) is 0.324. The number of hydrogen-bond acceptors (Lipinski definition) is 9. The Kier molecular flexibility index (Phi) is 7.90. The summed E-state index contributed by atoms with van der Waals surface area (Å²) in [4.78, 5) is 10.9. The number of nitrogens with two attached hydrogens (primary N) is 1. The summed E-state index contributed by atoms with van der Waals surface area (Å²) in [7, 11) is 0. The molecule has 2 rings (SSSR count). The first kappa shape index (κ1) is 21.1. The zero-order valence-corrected chi connectivity index (χ0v) is 15.0. The number of phenolic OH excluding ortho intramolecular Hbond substituents is 1. The molecule has 1 saturated heterocycles. The van der Waals surface area contributed by atoms with Gasteiger partial charge in [-0.15, -0.1) is 0 Å². The van der Waals surface area contributed by atoms with Gasteiger partial charge in [-0.05, 0) is 30.7 Å². The molecule has 0 spiro atoms. The van der Waals surface area contributed by atoms with Crippen LogP contribution in [0.4, 0.5) is 0 Å². The summed E-state index contributed by atoms with van der Waals surface area (Å²) in [6, 6.07) is 4.41. The Morgan fingerprint density at radius 1 is 1.25 bits per heavy atom. The molecule has 0 bridgehead atoms. The van der Waals surface area contributed by atoms with Crippen LogP contribution in [0.5, 0.6) is 11.5 Å². The molecule has 1 aliphatic heterocycles. The Balaban J connectivity index is 0.00000288. The summed E-state index contributed by atoms with van der Waals surface area (Å²) in [6.45, 7) is 0.366. The zero-order chi connectivity index (χ0) is 17.1. The number of carbonyl (C=O) groups is 1. The number of aliphatic hydroxyl groups excluding tert-OH is 3. The fourth-order valence-corrected chi connectivity index (χ4v) is 2.24. The number of carboxylic acids is 1. The Morgan fingerprint density at radius 2 is 1.92 bits per heavy atom. The summed E-state index contributed by atoms with van der Waals surface area (Å²) in [5.74, 6) is -2.12. The molecule has 1 aromatic rings. The third-order valence-corrected chi connectivity index (χ3v) is 3.50. The summed E-state index contributed by atoms with van der Waals surface area (Å²) >= 11 is 0. The van der Waals surface area contributed by atoms with Crippen LogP contribution in [-0.4, -0.2) is 63.6 Å². The van der Waals surface area contributed by atoms with E-state index in [-0.39, 0.29) is 41.1 Å². The van der Waals surface area contributed by atoms with E-state index in [2.05, 4.69) is 0 Å². The molecule has 0 aromatic heterocycles. The molecule has 0 radical (unpaired) electrons. The van der Waals surface area contributed by atoms with Crippen LogP contribution in [0.25, 0.3) is 0 Å². The molecule has 1 aromatic carbocycles. The van der Waals surface area contributed by atoms with Crippen molar-refractivity contribution in [2.75, 3.05) is 6.54 Å². The van der Waals surface area contributed by atoms with Gasteiger partial charge < -0.3 is 45.5 Å². The number of aliphatic hydroxyl groups is 3. The second kappa shape index (κ2) is 8.97. The first-order chi connectivity index (χ1) is 10.8. The Hall–Kier alpha value is -0.910. The van der Waals surface area contributed by atoms with Gasteiger partial charge in [0.2, 0.25) is 6.29 Å². The van der Waals surface area contributed by atoms with Gasteiger partial charge >= 0.3 is 29.6 Å². The van der Waals surface area contributed by atoms with Crippen molar-refractivity contribution in [3.63, 3.8) is 0 Å². The average Bonchev–Trinajstić information content (AvgIpc) is 2.50. The van der Waals surface area contributed by atoms with Crippen molar-refractivity contribution in [3.8, 4) is 11.5 Å². The number of benzene rings is 1. The molecular formula is C14H18NNaO8. The molecule has 3 unspecified atom stereocenters. The van der Waals surface area contributed by atoms with Crippen molar-refractivity contribution < 1.29 is 69.4 Å². The van der Waals surface area contributed by atoms with Crippen LogP contribution in [0.3, 0.4) is 0 Å². The predicted molar refractivity (Wildman–Crippen MR) is 73.2 cm³/mol. The number of rotatable bonds is 5. The average molecular weight is 351 g/mol. The van der Waals surface area contributed by atoms with E-state index in [1.165, 1.54) is 12.1 Å². The maximum Gasteiger partial charge on any atom is 1.00 e. The minimum Gasteiger partial charge on any atom is -0.547 e. The van der Waals surface area contributed by atoms with Crippen molar-refractivity contribution in [3.05, 3.63) is 23.8 Å². The van der Waals surface area contributed by atoms with Crippen molar-refractivity contribution in [2.45, 2.75) is 37.1 Å². The number of phenols is 1. The van der Waals surface area contributed by atoms with Crippen molar-refractivity contribution in [1.82, 2.24) is 0 Å². The molecule has 0 saturated carbocycles. The monoisotopic (exact) mass is 351 g/mol. The van der Waals surface area contributed by atoms with Crippen molar-refractivity contribution >= 4 is 5.97 Å². The molecule has 1 fully saturated rings. The van der Waals surface area contributed by atoms with E-state index in [1.807, 2.05) is 0 Å². The van der Waals surface area contributed by atoms with Gasteiger partial charge in [-0.25, -0.2) is 0 Å². The second-order valence-corrected chi connectivity index (χ2v) is 5.17. The summed E-state index contributed by atoms with van der Waals surface area (Å²) < 4.78 is 10.2. The van der Waals surface area contributed by atoms with E-state index < -0.39 is 36.7 Å². The largest absolute Gasteiger partial charge is 1.00 e. The fraction of sp³-hybridized carbons (Fsp3) is 0.500. The smallest absolute Gasteiger partial charge is 0.547 e. The van der Waals surface area contributed by atoms with Crippen molar-refractivity contribution in [1.29, 1.82) is 0 Å². The Morgan fingerprint density at radius 3 is 2.50 bits per heavy atom. The number of hydrogen-bond donors (Lipinski definition) is 5. The molecule has 5 atom stereocenters. The van der Waals surface area contributed by atoms with E-state index in [1.54, 1.807) is 6.07 Å². The van der Waals surface area contributed by atoms with Crippen LogP contribution in [0.1, 0.15) is 5.56 Å². The SMILES string of the molecule is NCCc1ccc(O)c(O[C@@H]2OC(C(=O)[O-])[C@@H](O)C(O)C2O)c1.[Na+]. The molecule has 1 aliphatic rings. The number of ether oxygens (including phenoxy) is 2. The molecule has 9 nitrogen and oxygen atoms in total. The van der Waals surface area contributed by atoms with E-state index >= 15 is 0 Å². The zero-order valence-electron chi connectivity index (χ0n) is 13.0. The van der Waals surface area contributed by atoms with Gasteiger partial charge in [0.25, 0.3) is 0 Å². The number of aliphatic carboxylic acids is 1. The van der Waals surface area contributed by atoms with Gasteiger partial charge in [-0.2, -0.15) is 0 Å². The third kappa shape index (κ3) is 4.58. The van der Waals surface area contributed by atoms with Gasteiger partial charge in [0.1, 0.15) is 24.4 Å². The van der Waals surface area contributed by atoms with Gasteiger partial charge in [0.15, 0.2) is 11.5 Å². The van der Waals surface area contributed by atoms with Gasteiger partial charge in [-0.1, -0.05) is 6.07 Å². The molecule has 128 valence electrons. The molecule has 0 amide bonds. The predicted octanol–water partition coefficient (Wildman–Crippen LogP) is -6.17. The van der Waals surface area contributed by atoms with Crippen LogP contribution in [0.15, 0.2) is 18.2 Å². The minimum atomic E-state index is -1.88. The first-order valence-electron chi connectivity index (χ1n) is 6.94. The minimum absolute atomic E-state index is 0. The molecule has 1 heterocycles. The van der Waals surface area contributed by atoms with Crippen LogP contribution in [0, 0.1) is 0 Å². The maximum absolute atomic E-state index is 10.9. The maximum atomic E-state index is 10.9. The normalized spacial score (nSPS) is 29.6. The summed E-state index contributed by atoms with van der Waals surface area (Å²) in [5, 5.41) is 49.8. The standard InChI is InChI=1S/C14H19NO8.Na/c15-4-3-6-1-2-7(16)8(5-6)22-14-11(19)9(17)10(18)12(23-14)13(20)21;/h1-2,5,9-12,14,16-19H,3-4,15H2,(H,20,21);/q;+1/p-1/t9?,10-,11?,12?,14+;/m0./s1. The summed E-state index contributed by atoms with van der Waals surface area (Å²) in [6.07, 6.45) is -8.40. The number of carbonyl (C=O) groups excluding carboxylic acids is 1. The first-order valence-corrected chi connectivity index (χ1v) is 6.94. The van der Waals surface area contributed by atoms with E-state index in [0.29, 0.717) is 13.0 Å². The van der Waals surface area contributed by atoms with Crippen LogP contribution < -0.4 is 45.1 Å². The summed E-state index contributed by atoms with van der Waals surface area (Å²) in [5.41, 5.74) is 6.18. The van der Waals surface area contributed by atoms with Gasteiger partial charge in [-0.3, -0.25) is 0 Å². The molecule has 0 aliphatic carbocycles.